The highest BCUT2D eigenvalue weighted by Crippen LogP contribution is 2.17. The van der Waals surface area contributed by atoms with Crippen LogP contribution in [-0.4, -0.2) is 14.0 Å². The molecule has 0 unspecified atom stereocenters. The Kier molecular flexibility index (Phi) is 3.96. The zero-order chi connectivity index (χ0) is 13.3. The predicted octanol–water partition coefficient (Wildman–Crippen LogP) is 1.53. The van der Waals surface area contributed by atoms with Crippen LogP contribution in [0, 0.1) is 6.92 Å². The first-order valence-electron chi connectivity index (χ1n) is 5.49. The van der Waals surface area contributed by atoms with Crippen LogP contribution in [0.25, 0.3) is 0 Å². The molecule has 96 valence electrons. The molecule has 0 atom stereocenters. The van der Waals surface area contributed by atoms with Gasteiger partial charge in [0.15, 0.2) is 0 Å². The van der Waals surface area contributed by atoms with Crippen molar-refractivity contribution >= 4 is 10.0 Å². The fourth-order valence-electron chi connectivity index (χ4n) is 1.50. The lowest BCUT2D eigenvalue weighted by atomic mass is 10.1. The molecule has 0 saturated carbocycles. The van der Waals surface area contributed by atoms with Gasteiger partial charge in [-0.2, -0.15) is 0 Å². The van der Waals surface area contributed by atoms with Crippen LogP contribution in [-0.2, 0) is 16.6 Å². The molecule has 0 aliphatic rings. The molecular formula is C12H20N2O2S. The van der Waals surface area contributed by atoms with E-state index in [1.807, 2.05) is 27.7 Å². The van der Waals surface area contributed by atoms with Crippen LogP contribution < -0.4 is 10.5 Å². The van der Waals surface area contributed by atoms with E-state index in [4.69, 9.17) is 5.73 Å². The summed E-state index contributed by atoms with van der Waals surface area (Å²) in [5.74, 6) is 0. The standard InChI is InChI=1S/C12H20N2O2S/c1-9-5-6-11(7-10(9)8-13)17(15,16)14-12(2,3)4/h5-7,14H,8,13H2,1-4H3. The highest BCUT2D eigenvalue weighted by molar-refractivity contribution is 7.89. The Morgan fingerprint density at radius 3 is 2.35 bits per heavy atom. The van der Waals surface area contributed by atoms with Gasteiger partial charge in [0.2, 0.25) is 10.0 Å². The number of nitrogens with two attached hydrogens (primary N) is 1. The van der Waals surface area contributed by atoms with E-state index in [9.17, 15) is 8.42 Å². The van der Waals surface area contributed by atoms with Gasteiger partial charge in [0.1, 0.15) is 0 Å². The summed E-state index contributed by atoms with van der Waals surface area (Å²) in [6.07, 6.45) is 0. The summed E-state index contributed by atoms with van der Waals surface area (Å²) in [5.41, 5.74) is 6.93. The van der Waals surface area contributed by atoms with Crippen LogP contribution in [0.15, 0.2) is 23.1 Å². The van der Waals surface area contributed by atoms with E-state index in [0.29, 0.717) is 6.54 Å². The van der Waals surface area contributed by atoms with Gasteiger partial charge in [0, 0.05) is 12.1 Å². The number of hydrogen-bond acceptors (Lipinski definition) is 3. The zero-order valence-corrected chi connectivity index (χ0v) is 11.6. The Bertz CT molecular complexity index is 502. The Morgan fingerprint density at radius 1 is 1.29 bits per heavy atom. The SMILES string of the molecule is Cc1ccc(S(=O)(=O)NC(C)(C)C)cc1CN. The summed E-state index contributed by atoms with van der Waals surface area (Å²) in [7, 11) is -3.47. The summed E-state index contributed by atoms with van der Waals surface area (Å²) < 4.78 is 26.8. The zero-order valence-electron chi connectivity index (χ0n) is 10.7. The number of nitrogens with one attached hydrogen (secondary N) is 1. The van der Waals surface area contributed by atoms with Crippen LogP contribution in [0.4, 0.5) is 0 Å². The largest absolute Gasteiger partial charge is 0.326 e. The minimum absolute atomic E-state index is 0.262. The summed E-state index contributed by atoms with van der Waals surface area (Å²) in [5, 5.41) is 0. The molecule has 3 N–H and O–H groups in total. The number of benzene rings is 1. The third-order valence-electron chi connectivity index (χ3n) is 2.29. The monoisotopic (exact) mass is 256 g/mol. The maximum absolute atomic E-state index is 12.1. The predicted molar refractivity (Wildman–Crippen MR) is 69.1 cm³/mol. The topological polar surface area (TPSA) is 72.2 Å². The molecule has 0 spiro atoms. The smallest absolute Gasteiger partial charge is 0.241 e. The molecule has 1 rings (SSSR count). The molecule has 0 aliphatic carbocycles. The lowest BCUT2D eigenvalue weighted by molar-refractivity contribution is 0.491. The van der Waals surface area contributed by atoms with Gasteiger partial charge in [-0.15, -0.1) is 0 Å². The Labute approximate surface area is 103 Å². The van der Waals surface area contributed by atoms with Crippen LogP contribution >= 0.6 is 0 Å². The molecule has 1 aromatic rings. The molecule has 0 bridgehead atoms. The van der Waals surface area contributed by atoms with E-state index in [1.54, 1.807) is 18.2 Å². The molecule has 0 fully saturated rings. The second-order valence-corrected chi connectivity index (χ2v) is 6.83. The maximum atomic E-state index is 12.1. The fourth-order valence-corrected chi connectivity index (χ4v) is 2.97. The average molecular weight is 256 g/mol. The molecule has 17 heavy (non-hydrogen) atoms. The summed E-state index contributed by atoms with van der Waals surface area (Å²) in [6, 6.07) is 5.01. The van der Waals surface area contributed by atoms with Crippen molar-refractivity contribution in [3.05, 3.63) is 29.3 Å². The minimum Gasteiger partial charge on any atom is -0.326 e. The summed E-state index contributed by atoms with van der Waals surface area (Å²) in [4.78, 5) is 0.262. The Morgan fingerprint density at radius 2 is 1.88 bits per heavy atom. The summed E-state index contributed by atoms with van der Waals surface area (Å²) >= 11 is 0. The van der Waals surface area contributed by atoms with Gasteiger partial charge in [-0.05, 0) is 51.0 Å². The first-order chi connectivity index (χ1) is 7.65. The fraction of sp³-hybridized carbons (Fsp3) is 0.500. The molecule has 0 radical (unpaired) electrons. The van der Waals surface area contributed by atoms with Crippen LogP contribution in [0.1, 0.15) is 31.9 Å². The van der Waals surface area contributed by atoms with E-state index in [2.05, 4.69) is 4.72 Å². The molecule has 0 aliphatic heterocycles. The van der Waals surface area contributed by atoms with Crippen molar-refractivity contribution in [1.29, 1.82) is 0 Å². The van der Waals surface area contributed by atoms with Gasteiger partial charge in [-0.3, -0.25) is 0 Å². The van der Waals surface area contributed by atoms with Crippen molar-refractivity contribution in [2.45, 2.75) is 44.7 Å². The lowest BCUT2D eigenvalue weighted by Gasteiger charge is -2.20. The minimum atomic E-state index is -3.47. The molecule has 5 heteroatoms. The van der Waals surface area contributed by atoms with Crippen LogP contribution in [0.3, 0.4) is 0 Å². The van der Waals surface area contributed by atoms with Gasteiger partial charge in [-0.1, -0.05) is 6.07 Å². The average Bonchev–Trinajstić information content (AvgIpc) is 2.14. The molecule has 0 amide bonds. The van der Waals surface area contributed by atoms with Gasteiger partial charge >= 0.3 is 0 Å². The van der Waals surface area contributed by atoms with E-state index in [-0.39, 0.29) is 4.90 Å². The van der Waals surface area contributed by atoms with Crippen molar-refractivity contribution in [1.82, 2.24) is 4.72 Å². The van der Waals surface area contributed by atoms with E-state index in [1.165, 1.54) is 0 Å². The molecule has 4 nitrogen and oxygen atoms in total. The molecule has 1 aromatic carbocycles. The van der Waals surface area contributed by atoms with Crippen molar-refractivity contribution in [3.63, 3.8) is 0 Å². The van der Waals surface area contributed by atoms with Gasteiger partial charge < -0.3 is 5.73 Å². The molecule has 0 saturated heterocycles. The Balaban J connectivity index is 3.16. The number of rotatable bonds is 3. The normalized spacial score (nSPS) is 12.8. The maximum Gasteiger partial charge on any atom is 0.241 e. The lowest BCUT2D eigenvalue weighted by Crippen LogP contribution is -2.40. The first kappa shape index (κ1) is 14.2. The summed E-state index contributed by atoms with van der Waals surface area (Å²) in [6.45, 7) is 7.67. The van der Waals surface area contributed by atoms with Crippen LogP contribution in [0.2, 0.25) is 0 Å². The third kappa shape index (κ3) is 3.80. The van der Waals surface area contributed by atoms with Crippen molar-refractivity contribution < 1.29 is 8.42 Å². The number of sulfonamides is 1. The van der Waals surface area contributed by atoms with E-state index >= 15 is 0 Å². The molecular weight excluding hydrogens is 236 g/mol. The van der Waals surface area contributed by atoms with Gasteiger partial charge in [-0.25, -0.2) is 13.1 Å². The van der Waals surface area contributed by atoms with E-state index < -0.39 is 15.6 Å². The van der Waals surface area contributed by atoms with Crippen molar-refractivity contribution in [2.75, 3.05) is 0 Å². The van der Waals surface area contributed by atoms with Crippen molar-refractivity contribution in [2.24, 2.45) is 5.73 Å². The number of aryl methyl sites for hydroxylation is 1. The highest BCUT2D eigenvalue weighted by atomic mass is 32.2. The van der Waals surface area contributed by atoms with Gasteiger partial charge in [0.05, 0.1) is 4.90 Å². The second kappa shape index (κ2) is 4.76. The van der Waals surface area contributed by atoms with E-state index in [0.717, 1.165) is 11.1 Å². The Hall–Kier alpha value is -0.910. The highest BCUT2D eigenvalue weighted by Gasteiger charge is 2.22. The third-order valence-corrected chi connectivity index (χ3v) is 4.05. The number of hydrogen-bond donors (Lipinski definition) is 2. The molecule has 0 aromatic heterocycles. The first-order valence-corrected chi connectivity index (χ1v) is 6.97. The van der Waals surface area contributed by atoms with Crippen LogP contribution in [0.5, 0.6) is 0 Å². The van der Waals surface area contributed by atoms with Crippen molar-refractivity contribution in [3.8, 4) is 0 Å². The van der Waals surface area contributed by atoms with Gasteiger partial charge in [0.25, 0.3) is 0 Å². The second-order valence-electron chi connectivity index (χ2n) is 5.15. The molecule has 0 heterocycles. The quantitative estimate of drug-likeness (QED) is 0.861.